The summed E-state index contributed by atoms with van der Waals surface area (Å²) in [7, 11) is 1.71. The van der Waals surface area contributed by atoms with Gasteiger partial charge in [0.25, 0.3) is 0 Å². The van der Waals surface area contributed by atoms with E-state index in [-0.39, 0.29) is 12.1 Å². The van der Waals surface area contributed by atoms with Crippen molar-refractivity contribution >= 4 is 11.8 Å². The van der Waals surface area contributed by atoms with Crippen molar-refractivity contribution in [2.75, 3.05) is 7.05 Å². The highest BCUT2D eigenvalue weighted by Gasteiger charge is 2.41. The second kappa shape index (κ2) is 4.21. The largest absolute Gasteiger partial charge is 0.343 e. The summed E-state index contributed by atoms with van der Waals surface area (Å²) >= 11 is 0. The number of carbonyl (C=O) groups excluding carboxylic acids is 2. The van der Waals surface area contributed by atoms with Gasteiger partial charge in [-0.1, -0.05) is 27.7 Å². The first kappa shape index (κ1) is 12.0. The quantitative estimate of drug-likeness (QED) is 0.682. The van der Waals surface area contributed by atoms with E-state index in [4.69, 9.17) is 0 Å². The summed E-state index contributed by atoms with van der Waals surface area (Å²) in [6, 6.07) is 0.149. The van der Waals surface area contributed by atoms with Crippen molar-refractivity contribution in [3.63, 3.8) is 0 Å². The maximum atomic E-state index is 11.5. The summed E-state index contributed by atoms with van der Waals surface area (Å²) in [4.78, 5) is 24.5. The molecule has 1 aliphatic heterocycles. The van der Waals surface area contributed by atoms with Crippen LogP contribution in [-0.4, -0.2) is 35.8 Å². The second-order valence-electron chi connectivity index (χ2n) is 4.89. The lowest BCUT2D eigenvalue weighted by Crippen LogP contribution is -2.65. The van der Waals surface area contributed by atoms with Crippen LogP contribution in [0.2, 0.25) is 0 Å². The topological polar surface area (TPSA) is 49.4 Å². The fourth-order valence-electron chi connectivity index (χ4n) is 2.26. The first-order valence-electron chi connectivity index (χ1n) is 5.44. The van der Waals surface area contributed by atoms with Crippen LogP contribution in [0.25, 0.3) is 0 Å². The molecule has 2 atom stereocenters. The van der Waals surface area contributed by atoms with E-state index in [0.29, 0.717) is 11.8 Å². The molecular formula is C11H20N2O2. The molecule has 2 amide bonds. The minimum atomic E-state index is -0.479. The lowest BCUT2D eigenvalue weighted by Gasteiger charge is -2.43. The van der Waals surface area contributed by atoms with Crippen molar-refractivity contribution in [2.24, 2.45) is 11.8 Å². The summed E-state index contributed by atoms with van der Waals surface area (Å²) in [5.41, 5.74) is 0. The van der Waals surface area contributed by atoms with Gasteiger partial charge in [0, 0.05) is 7.05 Å². The summed E-state index contributed by atoms with van der Waals surface area (Å²) < 4.78 is 0. The van der Waals surface area contributed by atoms with Gasteiger partial charge in [-0.15, -0.1) is 0 Å². The minimum Gasteiger partial charge on any atom is -0.343 e. The first-order valence-corrected chi connectivity index (χ1v) is 5.44. The molecule has 4 heteroatoms. The Balaban J connectivity index is 2.96. The molecule has 4 nitrogen and oxygen atoms in total. The molecule has 2 unspecified atom stereocenters. The molecule has 0 saturated carbocycles. The maximum absolute atomic E-state index is 11.5. The van der Waals surface area contributed by atoms with E-state index in [0.717, 1.165) is 0 Å². The fraction of sp³-hybridized carbons (Fsp3) is 0.818. The number of carbonyl (C=O) groups is 2. The lowest BCUT2D eigenvalue weighted by molar-refractivity contribution is -0.152. The lowest BCUT2D eigenvalue weighted by atomic mass is 9.86. The molecular weight excluding hydrogens is 192 g/mol. The molecule has 1 fully saturated rings. The van der Waals surface area contributed by atoms with Crippen molar-refractivity contribution in [1.29, 1.82) is 0 Å². The number of piperazine rings is 1. The van der Waals surface area contributed by atoms with Crippen molar-refractivity contribution in [3.8, 4) is 0 Å². The smallest absolute Gasteiger partial charge is 0.311 e. The summed E-state index contributed by atoms with van der Waals surface area (Å²) in [5, 5.41) is 2.80. The van der Waals surface area contributed by atoms with Gasteiger partial charge in [0.2, 0.25) is 0 Å². The van der Waals surface area contributed by atoms with Gasteiger partial charge < -0.3 is 10.2 Å². The molecule has 1 heterocycles. The average Bonchev–Trinajstić information content (AvgIpc) is 2.12. The summed E-state index contributed by atoms with van der Waals surface area (Å²) in [6.45, 7) is 8.26. The predicted octanol–water partition coefficient (Wildman–Crippen LogP) is 0.624. The zero-order chi connectivity index (χ0) is 11.7. The fourth-order valence-corrected chi connectivity index (χ4v) is 2.26. The van der Waals surface area contributed by atoms with E-state index in [1.165, 1.54) is 0 Å². The summed E-state index contributed by atoms with van der Waals surface area (Å²) in [6.07, 6.45) is 0. The molecule has 1 aliphatic rings. The molecule has 15 heavy (non-hydrogen) atoms. The van der Waals surface area contributed by atoms with Crippen LogP contribution in [0.3, 0.4) is 0 Å². The van der Waals surface area contributed by atoms with Crippen LogP contribution in [0.15, 0.2) is 0 Å². The van der Waals surface area contributed by atoms with Gasteiger partial charge in [0.05, 0.1) is 12.1 Å². The van der Waals surface area contributed by atoms with E-state index >= 15 is 0 Å². The molecule has 0 radical (unpaired) electrons. The number of nitrogens with zero attached hydrogens (tertiary/aromatic N) is 1. The molecule has 0 bridgehead atoms. The molecule has 0 aromatic heterocycles. The number of rotatable bonds is 2. The van der Waals surface area contributed by atoms with Gasteiger partial charge in [-0.3, -0.25) is 9.59 Å². The SMILES string of the molecule is CC(C)C1NC(=O)C(=O)N(C)C1C(C)C. The molecule has 0 aromatic carbocycles. The maximum Gasteiger partial charge on any atom is 0.311 e. The molecule has 1 N–H and O–H groups in total. The Morgan fingerprint density at radius 2 is 1.67 bits per heavy atom. The number of likely N-dealkylation sites (N-methyl/N-ethyl adjacent to an activating group) is 1. The van der Waals surface area contributed by atoms with Crippen LogP contribution in [0, 0.1) is 11.8 Å². The van der Waals surface area contributed by atoms with Gasteiger partial charge in [-0.05, 0) is 11.8 Å². The molecule has 86 valence electrons. The first-order chi connectivity index (χ1) is 6.86. The van der Waals surface area contributed by atoms with Crippen LogP contribution >= 0.6 is 0 Å². The highest BCUT2D eigenvalue weighted by molar-refractivity contribution is 6.35. The van der Waals surface area contributed by atoms with Crippen LogP contribution < -0.4 is 5.32 Å². The molecule has 0 aromatic rings. The highest BCUT2D eigenvalue weighted by atomic mass is 16.2. The average molecular weight is 212 g/mol. The van der Waals surface area contributed by atoms with E-state index in [2.05, 4.69) is 33.0 Å². The van der Waals surface area contributed by atoms with Crippen LogP contribution in [0.5, 0.6) is 0 Å². The van der Waals surface area contributed by atoms with Crippen LogP contribution in [-0.2, 0) is 9.59 Å². The van der Waals surface area contributed by atoms with E-state index in [9.17, 15) is 9.59 Å². The van der Waals surface area contributed by atoms with E-state index in [1.807, 2.05) is 0 Å². The number of hydrogen-bond acceptors (Lipinski definition) is 2. The van der Waals surface area contributed by atoms with Gasteiger partial charge >= 0.3 is 11.8 Å². The Morgan fingerprint density at radius 1 is 1.13 bits per heavy atom. The van der Waals surface area contributed by atoms with Crippen LogP contribution in [0.4, 0.5) is 0 Å². The third-order valence-electron chi connectivity index (χ3n) is 3.03. The number of amides is 2. The Hall–Kier alpha value is -1.06. The highest BCUT2D eigenvalue weighted by Crippen LogP contribution is 2.22. The zero-order valence-corrected chi connectivity index (χ0v) is 10.1. The minimum absolute atomic E-state index is 0.0557. The Morgan fingerprint density at radius 3 is 2.07 bits per heavy atom. The van der Waals surface area contributed by atoms with E-state index in [1.54, 1.807) is 11.9 Å². The Kier molecular flexibility index (Phi) is 3.37. The molecule has 0 aliphatic carbocycles. The van der Waals surface area contributed by atoms with Gasteiger partial charge in [-0.2, -0.15) is 0 Å². The van der Waals surface area contributed by atoms with Gasteiger partial charge in [0.15, 0.2) is 0 Å². The standard InChI is InChI=1S/C11H20N2O2/c1-6(2)8-9(7(3)4)13(5)11(15)10(14)12-8/h6-9H,1-5H3,(H,12,14). The third kappa shape index (κ3) is 2.13. The van der Waals surface area contributed by atoms with E-state index < -0.39 is 11.8 Å². The van der Waals surface area contributed by atoms with Crippen molar-refractivity contribution in [2.45, 2.75) is 39.8 Å². The number of hydrogen-bond donors (Lipinski definition) is 1. The number of nitrogens with one attached hydrogen (secondary N) is 1. The van der Waals surface area contributed by atoms with Crippen molar-refractivity contribution in [3.05, 3.63) is 0 Å². The van der Waals surface area contributed by atoms with Crippen LogP contribution in [0.1, 0.15) is 27.7 Å². The summed E-state index contributed by atoms with van der Waals surface area (Å²) in [5.74, 6) is -0.234. The zero-order valence-electron chi connectivity index (χ0n) is 10.1. The normalized spacial score (nSPS) is 27.5. The van der Waals surface area contributed by atoms with Gasteiger partial charge in [-0.25, -0.2) is 0 Å². The molecule has 1 rings (SSSR count). The van der Waals surface area contributed by atoms with Crippen molar-refractivity contribution in [1.82, 2.24) is 10.2 Å². The monoisotopic (exact) mass is 212 g/mol. The van der Waals surface area contributed by atoms with Gasteiger partial charge in [0.1, 0.15) is 0 Å². The van der Waals surface area contributed by atoms with Crippen molar-refractivity contribution < 1.29 is 9.59 Å². The third-order valence-corrected chi connectivity index (χ3v) is 3.03. The Bertz CT molecular complexity index is 274. The predicted molar refractivity (Wildman–Crippen MR) is 58.2 cm³/mol. The Labute approximate surface area is 91.0 Å². The molecule has 0 spiro atoms. The molecule has 1 saturated heterocycles. The second-order valence-corrected chi connectivity index (χ2v) is 4.89.